The van der Waals surface area contributed by atoms with E-state index >= 15 is 0 Å². The number of ketones is 1. The molecule has 0 aromatic heterocycles. The van der Waals surface area contributed by atoms with Crippen molar-refractivity contribution in [3.8, 4) is 0 Å². The van der Waals surface area contributed by atoms with Crippen molar-refractivity contribution in [1.29, 1.82) is 0 Å². The van der Waals surface area contributed by atoms with Gasteiger partial charge in [0.25, 0.3) is 0 Å². The fraction of sp³-hybridized carbons (Fsp3) is 0.300. The van der Waals surface area contributed by atoms with E-state index in [9.17, 15) is 22.0 Å². The monoisotopic (exact) mass is 277 g/mol. The van der Waals surface area contributed by atoms with Gasteiger partial charge in [-0.1, -0.05) is 0 Å². The Hall–Kier alpha value is -1.38. The van der Waals surface area contributed by atoms with Gasteiger partial charge in [0.1, 0.15) is 23.1 Å². The summed E-state index contributed by atoms with van der Waals surface area (Å²) in [5.41, 5.74) is -0.220. The Morgan fingerprint density at radius 1 is 1.28 bits per heavy atom. The van der Waals surface area contributed by atoms with Crippen LogP contribution in [0.25, 0.3) is 0 Å². The van der Waals surface area contributed by atoms with E-state index in [1.54, 1.807) is 0 Å². The molecular formula is C10H9F2NO4S. The van der Waals surface area contributed by atoms with Gasteiger partial charge in [0.05, 0.1) is 12.5 Å². The number of nitrogens with two attached hydrogens (primary N) is 1. The molecule has 0 saturated carbocycles. The lowest BCUT2D eigenvalue weighted by atomic mass is 9.97. The maximum Gasteiger partial charge on any atom is 0.241 e. The largest absolute Gasteiger partial charge is 0.373 e. The molecule has 1 saturated heterocycles. The highest BCUT2D eigenvalue weighted by atomic mass is 32.2. The van der Waals surface area contributed by atoms with Crippen molar-refractivity contribution in [2.75, 3.05) is 13.2 Å². The molecule has 0 spiro atoms. The molecule has 0 amide bonds. The number of ether oxygens (including phenoxy) is 1. The van der Waals surface area contributed by atoms with Crippen LogP contribution in [-0.2, 0) is 19.6 Å². The number of sulfonamides is 1. The zero-order valence-electron chi connectivity index (χ0n) is 9.02. The van der Waals surface area contributed by atoms with Crippen LogP contribution >= 0.6 is 0 Å². The zero-order chi connectivity index (χ0) is 13.5. The van der Waals surface area contributed by atoms with Crippen LogP contribution in [-0.4, -0.2) is 27.4 Å². The predicted molar refractivity (Wildman–Crippen MR) is 56.3 cm³/mol. The van der Waals surface area contributed by atoms with Crippen molar-refractivity contribution in [1.82, 2.24) is 0 Å². The maximum atomic E-state index is 13.7. The van der Waals surface area contributed by atoms with Crippen molar-refractivity contribution in [2.24, 2.45) is 5.14 Å². The summed E-state index contributed by atoms with van der Waals surface area (Å²) in [4.78, 5) is 10.4. The topological polar surface area (TPSA) is 86.5 Å². The number of halogens is 2. The van der Waals surface area contributed by atoms with Gasteiger partial charge in [-0.15, -0.1) is 0 Å². The summed E-state index contributed by atoms with van der Waals surface area (Å²) in [5, 5.41) is 4.73. The van der Waals surface area contributed by atoms with Crippen LogP contribution in [0, 0.1) is 11.6 Å². The highest BCUT2D eigenvalue weighted by molar-refractivity contribution is 7.89. The van der Waals surface area contributed by atoms with Crippen molar-refractivity contribution in [3.05, 3.63) is 29.3 Å². The van der Waals surface area contributed by atoms with Crippen molar-refractivity contribution in [2.45, 2.75) is 10.8 Å². The molecule has 8 heteroatoms. The minimum Gasteiger partial charge on any atom is -0.373 e. The number of benzene rings is 1. The molecule has 0 radical (unpaired) electrons. The number of Topliss-reactive ketones (excluding diaryl/α,β-unsaturated/α-hetero) is 1. The Bertz CT molecular complexity index is 615. The number of carbonyl (C=O) groups excluding carboxylic acids is 1. The maximum absolute atomic E-state index is 13.7. The first-order valence-electron chi connectivity index (χ1n) is 4.93. The lowest BCUT2D eigenvalue weighted by molar-refractivity contribution is -0.118. The average molecular weight is 277 g/mol. The SMILES string of the molecule is NS(=O)(=O)c1cc(F)c(C2COCC2=O)cc1F. The summed E-state index contributed by atoms with van der Waals surface area (Å²) in [6.45, 7) is -0.216. The summed E-state index contributed by atoms with van der Waals surface area (Å²) in [7, 11) is -4.34. The molecule has 1 heterocycles. The number of rotatable bonds is 2. The first-order valence-corrected chi connectivity index (χ1v) is 6.47. The standard InChI is InChI=1S/C10H9F2NO4S/c11-7-2-10(18(13,15)16)8(12)1-5(7)6-3-17-4-9(6)14/h1-2,6H,3-4H2,(H2,13,15,16). The van der Waals surface area contributed by atoms with Gasteiger partial charge in [0, 0.05) is 5.56 Å². The van der Waals surface area contributed by atoms with E-state index in [1.807, 2.05) is 0 Å². The summed E-state index contributed by atoms with van der Waals surface area (Å²) in [5.74, 6) is -3.47. The molecule has 2 rings (SSSR count). The van der Waals surface area contributed by atoms with Crippen LogP contribution < -0.4 is 5.14 Å². The molecule has 18 heavy (non-hydrogen) atoms. The van der Waals surface area contributed by atoms with Gasteiger partial charge in [-0.25, -0.2) is 22.3 Å². The number of primary sulfonamides is 1. The van der Waals surface area contributed by atoms with E-state index in [1.165, 1.54) is 0 Å². The molecule has 1 unspecified atom stereocenters. The molecule has 0 aliphatic carbocycles. The Labute approximate surface area is 102 Å². The first kappa shape index (κ1) is 13.1. The molecule has 1 aromatic rings. The van der Waals surface area contributed by atoms with Gasteiger partial charge in [-0.3, -0.25) is 4.79 Å². The Morgan fingerprint density at radius 3 is 2.44 bits per heavy atom. The second kappa shape index (κ2) is 4.38. The molecule has 2 N–H and O–H groups in total. The Kier molecular flexibility index (Phi) is 3.18. The van der Waals surface area contributed by atoms with Crippen molar-refractivity contribution < 1.29 is 26.7 Å². The van der Waals surface area contributed by atoms with E-state index in [4.69, 9.17) is 9.88 Å². The molecule has 98 valence electrons. The fourth-order valence-corrected chi connectivity index (χ4v) is 2.36. The van der Waals surface area contributed by atoms with E-state index in [0.29, 0.717) is 12.1 Å². The lowest BCUT2D eigenvalue weighted by Gasteiger charge is -2.10. The van der Waals surface area contributed by atoms with Gasteiger partial charge < -0.3 is 4.74 Å². The molecule has 1 aliphatic heterocycles. The van der Waals surface area contributed by atoms with Crippen molar-refractivity contribution >= 4 is 15.8 Å². The van der Waals surface area contributed by atoms with Crippen LogP contribution in [0.4, 0.5) is 8.78 Å². The predicted octanol–water partition coefficient (Wildman–Crippen LogP) is 0.295. The second-order valence-corrected chi connectivity index (χ2v) is 5.41. The van der Waals surface area contributed by atoms with Gasteiger partial charge in [0.2, 0.25) is 10.0 Å². The smallest absolute Gasteiger partial charge is 0.241 e. The average Bonchev–Trinajstić information content (AvgIpc) is 2.66. The van der Waals surface area contributed by atoms with Crippen LogP contribution in [0.3, 0.4) is 0 Å². The van der Waals surface area contributed by atoms with Gasteiger partial charge in [-0.2, -0.15) is 0 Å². The van der Waals surface area contributed by atoms with E-state index in [2.05, 4.69) is 0 Å². The molecule has 1 aliphatic rings. The third kappa shape index (κ3) is 2.26. The van der Waals surface area contributed by atoms with E-state index < -0.39 is 32.5 Å². The number of carbonyl (C=O) groups is 1. The van der Waals surface area contributed by atoms with Crippen LogP contribution in [0.2, 0.25) is 0 Å². The van der Waals surface area contributed by atoms with Crippen LogP contribution in [0.15, 0.2) is 17.0 Å². The molecule has 1 aromatic carbocycles. The Morgan fingerprint density at radius 2 is 1.94 bits per heavy atom. The summed E-state index contributed by atoms with van der Waals surface area (Å²) in [6, 6.07) is 1.15. The van der Waals surface area contributed by atoms with E-state index in [-0.39, 0.29) is 24.6 Å². The minimum atomic E-state index is -4.34. The lowest BCUT2D eigenvalue weighted by Crippen LogP contribution is -2.17. The van der Waals surface area contributed by atoms with E-state index in [0.717, 1.165) is 0 Å². The number of hydrogen-bond donors (Lipinski definition) is 1. The third-order valence-electron chi connectivity index (χ3n) is 2.65. The fourth-order valence-electron chi connectivity index (χ4n) is 1.76. The van der Waals surface area contributed by atoms with Crippen LogP contribution in [0.1, 0.15) is 11.5 Å². The normalized spacial score (nSPS) is 20.4. The molecular weight excluding hydrogens is 268 g/mol. The number of hydrogen-bond acceptors (Lipinski definition) is 4. The molecule has 0 bridgehead atoms. The van der Waals surface area contributed by atoms with Crippen molar-refractivity contribution in [3.63, 3.8) is 0 Å². The highest BCUT2D eigenvalue weighted by Gasteiger charge is 2.31. The van der Waals surface area contributed by atoms with Gasteiger partial charge >= 0.3 is 0 Å². The second-order valence-electron chi connectivity index (χ2n) is 3.88. The first-order chi connectivity index (χ1) is 8.30. The van der Waals surface area contributed by atoms with Crippen LogP contribution in [0.5, 0.6) is 0 Å². The third-order valence-corrected chi connectivity index (χ3v) is 3.58. The highest BCUT2D eigenvalue weighted by Crippen LogP contribution is 2.28. The zero-order valence-corrected chi connectivity index (χ0v) is 9.84. The summed E-state index contributed by atoms with van der Waals surface area (Å²) >= 11 is 0. The quantitative estimate of drug-likeness (QED) is 0.842. The molecule has 1 fully saturated rings. The summed E-state index contributed by atoms with van der Waals surface area (Å²) < 4.78 is 54.0. The van der Waals surface area contributed by atoms with Gasteiger partial charge in [0.15, 0.2) is 5.78 Å². The summed E-state index contributed by atoms with van der Waals surface area (Å²) in [6.07, 6.45) is 0. The minimum absolute atomic E-state index is 0.0517. The van der Waals surface area contributed by atoms with Gasteiger partial charge in [-0.05, 0) is 12.1 Å². The Balaban J connectivity index is 2.53. The molecule has 5 nitrogen and oxygen atoms in total. The molecule has 1 atom stereocenters.